The Hall–Kier alpha value is -2.32. The fraction of sp³-hybridized carbons (Fsp3) is 0.312. The van der Waals surface area contributed by atoms with Gasteiger partial charge in [-0.05, 0) is 37.1 Å². The van der Waals surface area contributed by atoms with Crippen molar-refractivity contribution >= 4 is 21.6 Å². The number of rotatable bonds is 4. The van der Waals surface area contributed by atoms with Gasteiger partial charge in [0.05, 0.1) is 22.4 Å². The first-order valence-electron chi connectivity index (χ1n) is 7.65. The molecule has 1 aromatic carbocycles. The number of carbonyl (C=O) groups is 1. The zero-order valence-electron chi connectivity index (χ0n) is 12.9. The standard InChI is InChI=1S/C16H18N2O5S/c19-15-5-4-13(24(21,22)18-7-2-1-3-8-18)10-14(15)17-16(20)12-6-9-23-11-12/h4-6,9-11,19H,1-3,7-8H2,(H,17,20). The van der Waals surface area contributed by atoms with Crippen molar-refractivity contribution in [2.24, 2.45) is 0 Å². The van der Waals surface area contributed by atoms with E-state index in [1.165, 1.54) is 41.1 Å². The van der Waals surface area contributed by atoms with E-state index in [0.717, 1.165) is 19.3 Å². The Morgan fingerprint density at radius 3 is 2.58 bits per heavy atom. The van der Waals surface area contributed by atoms with E-state index < -0.39 is 15.9 Å². The van der Waals surface area contributed by atoms with Crippen molar-refractivity contribution < 1.29 is 22.7 Å². The molecule has 0 bridgehead atoms. The Morgan fingerprint density at radius 1 is 1.17 bits per heavy atom. The van der Waals surface area contributed by atoms with Gasteiger partial charge in [0.15, 0.2) is 0 Å². The molecule has 1 aromatic heterocycles. The second-order valence-electron chi connectivity index (χ2n) is 5.61. The van der Waals surface area contributed by atoms with E-state index >= 15 is 0 Å². The van der Waals surface area contributed by atoms with Gasteiger partial charge in [0, 0.05) is 13.1 Å². The summed E-state index contributed by atoms with van der Waals surface area (Å²) in [6, 6.07) is 5.35. The van der Waals surface area contributed by atoms with Crippen LogP contribution in [0.2, 0.25) is 0 Å². The molecule has 2 aromatic rings. The molecule has 0 spiro atoms. The van der Waals surface area contributed by atoms with Crippen molar-refractivity contribution in [1.29, 1.82) is 0 Å². The number of furan rings is 1. The average Bonchev–Trinajstić information content (AvgIpc) is 3.12. The number of nitrogens with zero attached hydrogens (tertiary/aromatic N) is 1. The van der Waals surface area contributed by atoms with Gasteiger partial charge in [-0.15, -0.1) is 0 Å². The Bertz CT molecular complexity index is 824. The molecule has 2 N–H and O–H groups in total. The molecule has 0 aliphatic carbocycles. The third-order valence-electron chi connectivity index (χ3n) is 3.95. The van der Waals surface area contributed by atoms with Crippen LogP contribution in [0.1, 0.15) is 29.6 Å². The number of amides is 1. The van der Waals surface area contributed by atoms with Crippen molar-refractivity contribution in [2.45, 2.75) is 24.2 Å². The lowest BCUT2D eigenvalue weighted by atomic mass is 10.2. The molecule has 1 aliphatic heterocycles. The Balaban J connectivity index is 1.87. The van der Waals surface area contributed by atoms with Gasteiger partial charge < -0.3 is 14.8 Å². The van der Waals surface area contributed by atoms with Crippen LogP contribution in [0.5, 0.6) is 5.75 Å². The fourth-order valence-corrected chi connectivity index (χ4v) is 4.16. The molecule has 1 aliphatic rings. The van der Waals surface area contributed by atoms with Crippen molar-refractivity contribution in [2.75, 3.05) is 18.4 Å². The number of aromatic hydroxyl groups is 1. The van der Waals surface area contributed by atoms with Crippen LogP contribution >= 0.6 is 0 Å². The second kappa shape index (κ2) is 6.66. The molecule has 7 nitrogen and oxygen atoms in total. The van der Waals surface area contributed by atoms with Crippen molar-refractivity contribution in [3.63, 3.8) is 0 Å². The summed E-state index contributed by atoms with van der Waals surface area (Å²) in [7, 11) is -3.64. The van der Waals surface area contributed by atoms with Crippen molar-refractivity contribution in [1.82, 2.24) is 4.31 Å². The lowest BCUT2D eigenvalue weighted by Gasteiger charge is -2.26. The average molecular weight is 350 g/mol. The predicted octanol–water partition coefficient (Wildman–Crippen LogP) is 2.41. The maximum Gasteiger partial charge on any atom is 0.259 e. The van der Waals surface area contributed by atoms with Gasteiger partial charge in [-0.1, -0.05) is 6.42 Å². The summed E-state index contributed by atoms with van der Waals surface area (Å²) >= 11 is 0. The van der Waals surface area contributed by atoms with Crippen LogP contribution in [0, 0.1) is 0 Å². The maximum absolute atomic E-state index is 12.7. The van der Waals surface area contributed by atoms with E-state index in [9.17, 15) is 18.3 Å². The highest BCUT2D eigenvalue weighted by atomic mass is 32.2. The van der Waals surface area contributed by atoms with Gasteiger partial charge in [0.25, 0.3) is 5.91 Å². The molecule has 128 valence electrons. The molecule has 0 unspecified atom stereocenters. The summed E-state index contributed by atoms with van der Waals surface area (Å²) in [5, 5.41) is 12.4. The van der Waals surface area contributed by atoms with Gasteiger partial charge >= 0.3 is 0 Å². The lowest BCUT2D eigenvalue weighted by molar-refractivity contribution is 0.102. The summed E-state index contributed by atoms with van der Waals surface area (Å²) in [4.78, 5) is 12.1. The number of piperidine rings is 1. The van der Waals surface area contributed by atoms with Gasteiger partial charge in [0.1, 0.15) is 12.0 Å². The van der Waals surface area contributed by atoms with Gasteiger partial charge in [-0.2, -0.15) is 4.31 Å². The largest absolute Gasteiger partial charge is 0.506 e. The molecule has 0 atom stereocenters. The van der Waals surface area contributed by atoms with E-state index in [-0.39, 0.29) is 21.9 Å². The summed E-state index contributed by atoms with van der Waals surface area (Å²) in [5.41, 5.74) is 0.318. The molecular formula is C16H18N2O5S. The van der Waals surface area contributed by atoms with E-state index in [0.29, 0.717) is 13.1 Å². The van der Waals surface area contributed by atoms with E-state index in [2.05, 4.69) is 5.32 Å². The lowest BCUT2D eigenvalue weighted by Crippen LogP contribution is -2.35. The Labute approximate surface area is 139 Å². The Kier molecular flexibility index (Phi) is 4.59. The number of nitrogens with one attached hydrogen (secondary N) is 1. The van der Waals surface area contributed by atoms with E-state index in [1.54, 1.807) is 0 Å². The molecular weight excluding hydrogens is 332 g/mol. The maximum atomic E-state index is 12.7. The number of hydrogen-bond donors (Lipinski definition) is 2. The topological polar surface area (TPSA) is 99.9 Å². The highest BCUT2D eigenvalue weighted by molar-refractivity contribution is 7.89. The molecule has 1 fully saturated rings. The third-order valence-corrected chi connectivity index (χ3v) is 5.85. The second-order valence-corrected chi connectivity index (χ2v) is 7.55. The molecule has 8 heteroatoms. The normalized spacial score (nSPS) is 16.0. The monoisotopic (exact) mass is 350 g/mol. The molecule has 0 saturated carbocycles. The number of phenols is 1. The quantitative estimate of drug-likeness (QED) is 0.825. The molecule has 2 heterocycles. The Morgan fingerprint density at radius 2 is 1.92 bits per heavy atom. The summed E-state index contributed by atoms with van der Waals surface area (Å²) < 4.78 is 31.6. The zero-order chi connectivity index (χ0) is 17.2. The number of carbonyl (C=O) groups excluding carboxylic acids is 1. The molecule has 1 saturated heterocycles. The van der Waals surface area contributed by atoms with Crippen molar-refractivity contribution in [3.8, 4) is 5.75 Å². The van der Waals surface area contributed by atoms with Crippen LogP contribution < -0.4 is 5.32 Å². The summed E-state index contributed by atoms with van der Waals surface area (Å²) in [6.07, 6.45) is 5.31. The molecule has 24 heavy (non-hydrogen) atoms. The highest BCUT2D eigenvalue weighted by Crippen LogP contribution is 2.29. The van der Waals surface area contributed by atoms with Gasteiger partial charge in [-0.25, -0.2) is 8.42 Å². The van der Waals surface area contributed by atoms with Crippen LogP contribution in [-0.2, 0) is 10.0 Å². The third kappa shape index (κ3) is 3.29. The SMILES string of the molecule is O=C(Nc1cc(S(=O)(=O)N2CCCCC2)ccc1O)c1ccoc1. The fourth-order valence-electron chi connectivity index (χ4n) is 2.62. The van der Waals surface area contributed by atoms with Crippen LogP contribution in [0.25, 0.3) is 0 Å². The van der Waals surface area contributed by atoms with E-state index in [1.807, 2.05) is 0 Å². The summed E-state index contributed by atoms with van der Waals surface area (Å²) in [6.45, 7) is 0.972. The van der Waals surface area contributed by atoms with Crippen LogP contribution in [0.4, 0.5) is 5.69 Å². The number of benzene rings is 1. The highest BCUT2D eigenvalue weighted by Gasteiger charge is 2.26. The van der Waals surface area contributed by atoms with Crippen LogP contribution in [-0.4, -0.2) is 36.8 Å². The smallest absolute Gasteiger partial charge is 0.259 e. The van der Waals surface area contributed by atoms with Crippen LogP contribution in [0.15, 0.2) is 46.1 Å². The number of hydrogen-bond acceptors (Lipinski definition) is 5. The van der Waals surface area contributed by atoms with Crippen molar-refractivity contribution in [3.05, 3.63) is 42.4 Å². The number of sulfonamides is 1. The minimum atomic E-state index is -3.64. The van der Waals surface area contributed by atoms with Crippen LogP contribution in [0.3, 0.4) is 0 Å². The molecule has 0 radical (unpaired) electrons. The van der Waals surface area contributed by atoms with E-state index in [4.69, 9.17) is 4.42 Å². The minimum absolute atomic E-state index is 0.0410. The first-order chi connectivity index (χ1) is 11.5. The first-order valence-corrected chi connectivity index (χ1v) is 9.09. The minimum Gasteiger partial charge on any atom is -0.506 e. The molecule has 1 amide bonds. The number of anilines is 1. The molecule has 3 rings (SSSR count). The van der Waals surface area contributed by atoms with Gasteiger partial charge in [0.2, 0.25) is 10.0 Å². The number of phenolic OH excluding ortho intramolecular Hbond substituents is 1. The van der Waals surface area contributed by atoms with Gasteiger partial charge in [-0.3, -0.25) is 4.79 Å². The summed E-state index contributed by atoms with van der Waals surface area (Å²) in [5.74, 6) is -0.698. The first kappa shape index (κ1) is 16.5. The predicted molar refractivity (Wildman–Crippen MR) is 87.4 cm³/mol. The zero-order valence-corrected chi connectivity index (χ0v) is 13.8.